The molecule has 5 aliphatic rings. The van der Waals surface area contributed by atoms with Gasteiger partial charge in [0.1, 0.15) is 0 Å². The number of carboxylic acid groups (broad SMARTS) is 4. The topological polar surface area (TPSA) is 232 Å². The van der Waals surface area contributed by atoms with Crippen molar-refractivity contribution < 1.29 is 59.7 Å². The molecule has 16 nitrogen and oxygen atoms in total. The highest BCUT2D eigenvalue weighted by Crippen LogP contribution is 2.68. The first-order chi connectivity index (χ1) is 26.9. The number of carbonyl (C=O) groups is 4. The van der Waals surface area contributed by atoms with Crippen LogP contribution in [-0.4, -0.2) is 189 Å². The first-order valence-corrected chi connectivity index (χ1v) is 21.3. The number of hydrogen-bond acceptors (Lipinski definition) is 12. The summed E-state index contributed by atoms with van der Waals surface area (Å²) in [6, 6.07) is 0. The second kappa shape index (κ2) is 19.7. The van der Waals surface area contributed by atoms with Crippen LogP contribution in [0.15, 0.2) is 0 Å². The number of aliphatic carboxylic acids is 4. The van der Waals surface area contributed by atoms with Crippen LogP contribution in [0.1, 0.15) is 78.6 Å². The van der Waals surface area contributed by atoms with E-state index in [0.29, 0.717) is 71.6 Å². The minimum atomic E-state index is -1.01. The van der Waals surface area contributed by atoms with E-state index in [1.165, 1.54) is 0 Å². The van der Waals surface area contributed by atoms with Gasteiger partial charge in [-0.15, -0.1) is 0 Å². The van der Waals surface area contributed by atoms with Gasteiger partial charge in [0.25, 0.3) is 0 Å². The smallest absolute Gasteiger partial charge is 0.317 e. The van der Waals surface area contributed by atoms with E-state index in [-0.39, 0.29) is 91.6 Å². The third-order valence-electron chi connectivity index (χ3n) is 15.3. The van der Waals surface area contributed by atoms with E-state index in [9.17, 15) is 54.9 Å². The number of fused-ring (bicyclic) bond motifs is 5. The zero-order chi connectivity index (χ0) is 41.7. The number of aliphatic hydroxyl groups is 3. The zero-order valence-electron chi connectivity index (χ0n) is 34.3. The highest BCUT2D eigenvalue weighted by atomic mass is 16.5. The molecule has 0 aromatic heterocycles. The molecule has 5 rings (SSSR count). The van der Waals surface area contributed by atoms with E-state index in [4.69, 9.17) is 4.74 Å². The van der Waals surface area contributed by atoms with Crippen molar-refractivity contribution in [1.82, 2.24) is 19.6 Å². The lowest BCUT2D eigenvalue weighted by atomic mass is 9.43. The van der Waals surface area contributed by atoms with Gasteiger partial charge in [0.15, 0.2) is 0 Å². The van der Waals surface area contributed by atoms with Crippen LogP contribution in [-0.2, 0) is 23.9 Å². The molecule has 4 unspecified atom stereocenters. The molecule has 4 aliphatic carbocycles. The predicted octanol–water partition coefficient (Wildman–Crippen LogP) is 1.31. The average molecular weight is 811 g/mol. The Morgan fingerprint density at radius 3 is 1.74 bits per heavy atom. The normalized spacial score (nSPS) is 37.4. The first kappa shape index (κ1) is 45.6. The Labute approximate surface area is 337 Å². The minimum absolute atomic E-state index is 0.0641. The number of ether oxygens (including phenoxy) is 1. The molecule has 326 valence electrons. The Bertz CT molecular complexity index is 1360. The maximum Gasteiger partial charge on any atom is 0.317 e. The van der Waals surface area contributed by atoms with Gasteiger partial charge in [-0.25, -0.2) is 0 Å². The molecule has 0 bridgehead atoms. The van der Waals surface area contributed by atoms with E-state index in [1.54, 1.807) is 14.7 Å². The van der Waals surface area contributed by atoms with Crippen molar-refractivity contribution in [2.45, 2.75) is 103 Å². The Kier molecular flexibility index (Phi) is 15.8. The molecule has 0 aromatic rings. The van der Waals surface area contributed by atoms with Crippen LogP contribution in [0.4, 0.5) is 0 Å². The van der Waals surface area contributed by atoms with Crippen LogP contribution >= 0.6 is 0 Å². The van der Waals surface area contributed by atoms with E-state index in [2.05, 4.69) is 20.8 Å². The SMILES string of the molecule is C[C@H](CCC(=O)O)[C@H]1CCC2C3C(C[C@@H](O)[C@@]21C)[C@@]1(C)CC[C@@H](OCC(O)CN2CCN(CC(=O)O)CCN(CC(=O)O)CCN(CC(=O)O)CC2)C[C@H]1C[C@H]3O. The molecule has 5 fully saturated rings. The predicted molar refractivity (Wildman–Crippen MR) is 208 cm³/mol. The van der Waals surface area contributed by atoms with Crippen LogP contribution in [0.2, 0.25) is 0 Å². The lowest BCUT2D eigenvalue weighted by Gasteiger charge is -2.63. The fourth-order valence-electron chi connectivity index (χ4n) is 12.2. The number of carboxylic acids is 4. The number of aliphatic hydroxyl groups excluding tert-OH is 3. The number of hydrogen-bond donors (Lipinski definition) is 7. The lowest BCUT2D eigenvalue weighted by molar-refractivity contribution is -0.210. The highest BCUT2D eigenvalue weighted by molar-refractivity contribution is 5.70. The fourth-order valence-corrected chi connectivity index (χ4v) is 12.2. The van der Waals surface area contributed by atoms with Gasteiger partial charge in [-0.1, -0.05) is 20.8 Å². The number of nitrogens with zero attached hydrogens (tertiary/aromatic N) is 4. The molecule has 0 amide bonds. The van der Waals surface area contributed by atoms with E-state index < -0.39 is 42.2 Å². The summed E-state index contributed by atoms with van der Waals surface area (Å²) >= 11 is 0. The maximum atomic E-state index is 11.9. The van der Waals surface area contributed by atoms with Crippen molar-refractivity contribution >= 4 is 23.9 Å². The van der Waals surface area contributed by atoms with Gasteiger partial charge in [-0.3, -0.25) is 38.8 Å². The van der Waals surface area contributed by atoms with Crippen LogP contribution in [0, 0.1) is 46.3 Å². The summed E-state index contributed by atoms with van der Waals surface area (Å²) in [5.74, 6) is -2.73. The maximum absolute atomic E-state index is 11.9. The Balaban J connectivity index is 1.18. The average Bonchev–Trinajstić information content (AvgIpc) is 3.49. The summed E-state index contributed by atoms with van der Waals surface area (Å²) in [5.41, 5.74) is -0.416. The lowest BCUT2D eigenvalue weighted by Crippen LogP contribution is -2.62. The second-order valence-electron chi connectivity index (χ2n) is 18.7. The third-order valence-corrected chi connectivity index (χ3v) is 15.3. The van der Waals surface area contributed by atoms with Crippen molar-refractivity contribution in [3.63, 3.8) is 0 Å². The molecule has 0 aromatic carbocycles. The Morgan fingerprint density at radius 2 is 1.23 bits per heavy atom. The molecule has 16 heteroatoms. The van der Waals surface area contributed by atoms with Gasteiger partial charge in [0, 0.05) is 65.3 Å². The van der Waals surface area contributed by atoms with E-state index in [1.807, 2.05) is 4.90 Å². The summed E-state index contributed by atoms with van der Waals surface area (Å²) in [5, 5.41) is 72.8. The largest absolute Gasteiger partial charge is 0.481 e. The van der Waals surface area contributed by atoms with Gasteiger partial charge in [-0.05, 0) is 97.7 Å². The van der Waals surface area contributed by atoms with E-state index in [0.717, 1.165) is 32.1 Å². The van der Waals surface area contributed by atoms with Gasteiger partial charge < -0.3 is 40.5 Å². The standard InChI is InChI=1S/C41H70N4O12/c1-26(4-7-35(49)50)30-5-6-31-39-32(20-34(48)41(30,31)3)40(2)9-8-29(18-27(40)19-33(39)47)57-25-28(46)21-42-10-12-43(22-36(51)52)14-16-45(24-38(55)56)17-15-44(13-11-42)23-37(53)54/h26-34,39,46-48H,4-25H2,1-3H3,(H,49,50)(H,51,52)(H,53,54)(H,55,56)/t26-,27+,28?,29-,30-,31?,32?,33-,34-,39?,40+,41-/m1/s1. The molecule has 1 saturated heterocycles. The van der Waals surface area contributed by atoms with Crippen LogP contribution in [0.3, 0.4) is 0 Å². The summed E-state index contributed by atoms with van der Waals surface area (Å²) in [6.07, 6.45) is 4.43. The highest BCUT2D eigenvalue weighted by Gasteiger charge is 2.65. The third kappa shape index (κ3) is 11.2. The minimum Gasteiger partial charge on any atom is -0.481 e. The molecule has 4 saturated carbocycles. The van der Waals surface area contributed by atoms with Crippen molar-refractivity contribution in [2.75, 3.05) is 85.1 Å². The molecular formula is C41H70N4O12. The first-order valence-electron chi connectivity index (χ1n) is 21.3. The van der Waals surface area contributed by atoms with Crippen molar-refractivity contribution in [3.8, 4) is 0 Å². The molecule has 1 aliphatic heterocycles. The molecule has 1 heterocycles. The molecule has 12 atom stereocenters. The monoisotopic (exact) mass is 810 g/mol. The quantitative estimate of drug-likeness (QED) is 0.124. The van der Waals surface area contributed by atoms with Crippen molar-refractivity contribution in [3.05, 3.63) is 0 Å². The van der Waals surface area contributed by atoms with Gasteiger partial charge in [0.2, 0.25) is 0 Å². The molecular weight excluding hydrogens is 740 g/mol. The number of rotatable bonds is 15. The summed E-state index contributed by atoms with van der Waals surface area (Å²) in [4.78, 5) is 53.3. The fraction of sp³-hybridized carbons (Fsp3) is 0.902. The summed E-state index contributed by atoms with van der Waals surface area (Å²) in [6.45, 7) is 9.19. The van der Waals surface area contributed by atoms with Gasteiger partial charge in [0.05, 0.1) is 50.7 Å². The summed E-state index contributed by atoms with van der Waals surface area (Å²) in [7, 11) is 0. The summed E-state index contributed by atoms with van der Waals surface area (Å²) < 4.78 is 6.39. The molecule has 7 N–H and O–H groups in total. The van der Waals surface area contributed by atoms with Crippen LogP contribution in [0.5, 0.6) is 0 Å². The second-order valence-corrected chi connectivity index (χ2v) is 18.7. The number of β-amino-alcohol motifs (C(OH)–C–C–N with tert-alkyl or cyclic N) is 1. The zero-order valence-corrected chi connectivity index (χ0v) is 34.3. The van der Waals surface area contributed by atoms with Crippen molar-refractivity contribution in [2.24, 2.45) is 46.3 Å². The molecule has 0 spiro atoms. The van der Waals surface area contributed by atoms with Gasteiger partial charge in [-0.2, -0.15) is 0 Å². The van der Waals surface area contributed by atoms with Crippen LogP contribution < -0.4 is 0 Å². The molecule has 0 radical (unpaired) electrons. The van der Waals surface area contributed by atoms with Crippen molar-refractivity contribution in [1.29, 1.82) is 0 Å². The Morgan fingerprint density at radius 1 is 0.702 bits per heavy atom. The van der Waals surface area contributed by atoms with E-state index >= 15 is 0 Å². The van der Waals surface area contributed by atoms with Gasteiger partial charge >= 0.3 is 23.9 Å². The Hall–Kier alpha value is -2.44. The molecule has 57 heavy (non-hydrogen) atoms. The van der Waals surface area contributed by atoms with Crippen LogP contribution in [0.25, 0.3) is 0 Å².